The van der Waals surface area contributed by atoms with Crippen LogP contribution in [0.2, 0.25) is 0 Å². The maximum atomic E-state index is 12.1. The fourth-order valence-corrected chi connectivity index (χ4v) is 2.24. The summed E-state index contributed by atoms with van der Waals surface area (Å²) in [4.78, 5) is 18.2. The largest absolute Gasteiger partial charge is 0.479 e. The number of ether oxygens (including phenoxy) is 2. The maximum absolute atomic E-state index is 12.1. The zero-order valence-corrected chi connectivity index (χ0v) is 11.4. The topological polar surface area (TPSA) is 51.1 Å². The van der Waals surface area contributed by atoms with Crippen LogP contribution in [0.1, 0.15) is 40.0 Å². The summed E-state index contributed by atoms with van der Waals surface area (Å²) in [6.45, 7) is 7.87. The molecule has 1 unspecified atom stereocenters. The normalized spacial score (nSPS) is 24.5. The molecule has 18 heavy (non-hydrogen) atoms. The fourth-order valence-electron chi connectivity index (χ4n) is 2.24. The second kappa shape index (κ2) is 5.16. The average molecular weight is 254 g/mol. The molecule has 1 fully saturated rings. The van der Waals surface area contributed by atoms with E-state index in [-0.39, 0.29) is 12.1 Å². The molecule has 2 aliphatic rings. The first kappa shape index (κ1) is 13.2. The van der Waals surface area contributed by atoms with E-state index in [1.807, 2.05) is 20.8 Å². The highest BCUT2D eigenvalue weighted by Crippen LogP contribution is 2.23. The van der Waals surface area contributed by atoms with Crippen LogP contribution in [-0.4, -0.2) is 48.2 Å². The van der Waals surface area contributed by atoms with Crippen molar-refractivity contribution in [2.24, 2.45) is 4.99 Å². The van der Waals surface area contributed by atoms with Crippen LogP contribution in [0.4, 0.5) is 4.79 Å². The van der Waals surface area contributed by atoms with E-state index in [1.54, 1.807) is 4.90 Å². The third-order valence-corrected chi connectivity index (χ3v) is 2.99. The molecule has 0 bridgehead atoms. The van der Waals surface area contributed by atoms with E-state index >= 15 is 0 Å². The third kappa shape index (κ3) is 3.15. The van der Waals surface area contributed by atoms with Gasteiger partial charge in [0.2, 0.25) is 5.90 Å². The summed E-state index contributed by atoms with van der Waals surface area (Å²) in [6.07, 6.45) is 2.59. The van der Waals surface area contributed by atoms with Crippen LogP contribution in [0, 0.1) is 0 Å². The molecule has 0 spiro atoms. The third-order valence-electron chi connectivity index (χ3n) is 2.99. The minimum Gasteiger partial charge on any atom is -0.479 e. The predicted molar refractivity (Wildman–Crippen MR) is 68.8 cm³/mol. The number of aliphatic imine (C=N–C) groups is 1. The van der Waals surface area contributed by atoms with Crippen molar-refractivity contribution in [3.05, 3.63) is 0 Å². The van der Waals surface area contributed by atoms with Gasteiger partial charge in [-0.3, -0.25) is 9.89 Å². The smallest absolute Gasteiger partial charge is 0.410 e. The Morgan fingerprint density at radius 3 is 2.83 bits per heavy atom. The van der Waals surface area contributed by atoms with Gasteiger partial charge in [-0.05, 0) is 33.6 Å². The summed E-state index contributed by atoms with van der Waals surface area (Å²) in [6, 6.07) is -0.0276. The van der Waals surface area contributed by atoms with Gasteiger partial charge in [0.1, 0.15) is 11.6 Å². The average Bonchev–Trinajstić information content (AvgIpc) is 2.76. The molecule has 102 valence electrons. The molecular formula is C13H22N2O3. The van der Waals surface area contributed by atoms with E-state index < -0.39 is 5.60 Å². The van der Waals surface area contributed by atoms with Gasteiger partial charge in [0, 0.05) is 19.5 Å². The van der Waals surface area contributed by atoms with E-state index in [4.69, 9.17) is 9.47 Å². The number of carbonyl (C=O) groups excluding carboxylic acids is 1. The Balaban J connectivity index is 2.03. The van der Waals surface area contributed by atoms with Crippen LogP contribution in [0.25, 0.3) is 0 Å². The zero-order valence-electron chi connectivity index (χ0n) is 11.4. The van der Waals surface area contributed by atoms with Crippen molar-refractivity contribution in [3.8, 4) is 0 Å². The molecule has 0 aromatic rings. The van der Waals surface area contributed by atoms with Crippen molar-refractivity contribution in [1.29, 1.82) is 0 Å². The quantitative estimate of drug-likeness (QED) is 0.721. The summed E-state index contributed by atoms with van der Waals surface area (Å²) in [5, 5.41) is 0. The number of likely N-dealkylation sites (tertiary alicyclic amines) is 1. The molecule has 2 aliphatic heterocycles. The van der Waals surface area contributed by atoms with E-state index in [0.29, 0.717) is 12.5 Å². The van der Waals surface area contributed by atoms with Gasteiger partial charge in [0.25, 0.3) is 0 Å². The Morgan fingerprint density at radius 1 is 1.44 bits per heavy atom. The number of hydrogen-bond acceptors (Lipinski definition) is 4. The molecule has 0 saturated carbocycles. The first-order valence-electron chi connectivity index (χ1n) is 6.64. The Labute approximate surface area is 108 Å². The Hall–Kier alpha value is -1.26. The molecule has 1 atom stereocenters. The van der Waals surface area contributed by atoms with Gasteiger partial charge in [0.05, 0.1) is 6.61 Å². The van der Waals surface area contributed by atoms with E-state index in [2.05, 4.69) is 4.99 Å². The van der Waals surface area contributed by atoms with Crippen LogP contribution < -0.4 is 0 Å². The molecule has 5 nitrogen and oxygen atoms in total. The standard InChI is InChI=1S/C13H22N2O3/c1-13(2,3)18-12(16)15-8-4-6-10(15)11-14-7-5-9-17-11/h10H,4-9H2,1-3H3. The van der Waals surface area contributed by atoms with Crippen molar-refractivity contribution in [1.82, 2.24) is 4.90 Å². The maximum Gasteiger partial charge on any atom is 0.410 e. The lowest BCUT2D eigenvalue weighted by Crippen LogP contribution is -2.44. The second-order valence-electron chi connectivity index (χ2n) is 5.75. The summed E-state index contributed by atoms with van der Waals surface area (Å²) in [7, 11) is 0. The molecule has 0 aromatic heterocycles. The van der Waals surface area contributed by atoms with E-state index in [9.17, 15) is 4.79 Å². The monoisotopic (exact) mass is 254 g/mol. The van der Waals surface area contributed by atoms with Crippen molar-refractivity contribution < 1.29 is 14.3 Å². The van der Waals surface area contributed by atoms with Gasteiger partial charge in [0.15, 0.2) is 0 Å². The first-order valence-corrected chi connectivity index (χ1v) is 6.64. The Morgan fingerprint density at radius 2 is 2.22 bits per heavy atom. The first-order chi connectivity index (χ1) is 8.47. The summed E-state index contributed by atoms with van der Waals surface area (Å²) in [5.74, 6) is 0.713. The van der Waals surface area contributed by atoms with Crippen LogP contribution in [0.15, 0.2) is 4.99 Å². The molecule has 0 aliphatic carbocycles. The van der Waals surface area contributed by atoms with Crippen LogP contribution in [0.5, 0.6) is 0 Å². The molecular weight excluding hydrogens is 232 g/mol. The van der Waals surface area contributed by atoms with Gasteiger partial charge in [-0.25, -0.2) is 4.79 Å². The Kier molecular flexibility index (Phi) is 3.78. The van der Waals surface area contributed by atoms with Gasteiger partial charge >= 0.3 is 6.09 Å². The van der Waals surface area contributed by atoms with Crippen LogP contribution in [0.3, 0.4) is 0 Å². The molecule has 1 amide bonds. The van der Waals surface area contributed by atoms with Gasteiger partial charge in [-0.15, -0.1) is 0 Å². The number of amides is 1. The highest BCUT2D eigenvalue weighted by Gasteiger charge is 2.36. The molecule has 0 aromatic carbocycles. The van der Waals surface area contributed by atoms with E-state index in [1.165, 1.54) is 0 Å². The summed E-state index contributed by atoms with van der Waals surface area (Å²) >= 11 is 0. The minimum atomic E-state index is -0.459. The van der Waals surface area contributed by atoms with Gasteiger partial charge in [-0.2, -0.15) is 0 Å². The van der Waals surface area contributed by atoms with Crippen LogP contribution >= 0.6 is 0 Å². The van der Waals surface area contributed by atoms with Crippen molar-refractivity contribution in [3.63, 3.8) is 0 Å². The highest BCUT2D eigenvalue weighted by molar-refractivity contribution is 5.86. The SMILES string of the molecule is CC(C)(C)OC(=O)N1CCCC1C1=NCCCO1. The summed E-state index contributed by atoms with van der Waals surface area (Å²) < 4.78 is 11.0. The molecule has 1 saturated heterocycles. The van der Waals surface area contributed by atoms with E-state index in [0.717, 1.165) is 32.4 Å². The zero-order chi connectivity index (χ0) is 13.2. The lowest BCUT2D eigenvalue weighted by Gasteiger charge is -2.29. The molecule has 0 radical (unpaired) electrons. The van der Waals surface area contributed by atoms with Crippen LogP contribution in [-0.2, 0) is 9.47 Å². The molecule has 5 heteroatoms. The van der Waals surface area contributed by atoms with Crippen molar-refractivity contribution >= 4 is 12.0 Å². The lowest BCUT2D eigenvalue weighted by molar-refractivity contribution is 0.0250. The Bertz CT molecular complexity index is 347. The van der Waals surface area contributed by atoms with Crippen molar-refractivity contribution in [2.75, 3.05) is 19.7 Å². The molecule has 2 heterocycles. The van der Waals surface area contributed by atoms with Gasteiger partial charge < -0.3 is 9.47 Å². The molecule has 2 rings (SSSR count). The van der Waals surface area contributed by atoms with Crippen molar-refractivity contribution in [2.45, 2.75) is 51.7 Å². The lowest BCUT2D eigenvalue weighted by atomic mass is 10.2. The number of hydrogen-bond donors (Lipinski definition) is 0. The fraction of sp³-hybridized carbons (Fsp3) is 0.846. The van der Waals surface area contributed by atoms with Gasteiger partial charge in [-0.1, -0.05) is 0 Å². The number of rotatable bonds is 1. The second-order valence-corrected chi connectivity index (χ2v) is 5.75. The highest BCUT2D eigenvalue weighted by atomic mass is 16.6. The number of nitrogens with zero attached hydrogens (tertiary/aromatic N) is 2. The minimum absolute atomic E-state index is 0.0276. The number of carbonyl (C=O) groups is 1. The predicted octanol–water partition coefficient (Wildman–Crippen LogP) is 2.20. The summed E-state index contributed by atoms with van der Waals surface area (Å²) in [5.41, 5.74) is -0.459. The molecule has 0 N–H and O–H groups in total.